The van der Waals surface area contributed by atoms with Gasteiger partial charge in [0.25, 0.3) is 0 Å². The maximum atomic E-state index is 11.9. The van der Waals surface area contributed by atoms with Gasteiger partial charge in [0.1, 0.15) is 11.7 Å². The minimum absolute atomic E-state index is 0.172. The van der Waals surface area contributed by atoms with Crippen LogP contribution in [-0.4, -0.2) is 29.8 Å². The zero-order valence-electron chi connectivity index (χ0n) is 13.0. The predicted molar refractivity (Wildman–Crippen MR) is 76.2 cm³/mol. The maximum Gasteiger partial charge on any atom is 0.408 e. The van der Waals surface area contributed by atoms with Gasteiger partial charge in [0.05, 0.1) is 6.04 Å². The Morgan fingerprint density at radius 2 is 2.15 bits per heavy atom. The van der Waals surface area contributed by atoms with Crippen LogP contribution < -0.4 is 5.32 Å². The summed E-state index contributed by atoms with van der Waals surface area (Å²) in [6.45, 7) is 13.1. The normalized spacial score (nSPS) is 22.1. The molecule has 5 heteroatoms. The molecule has 1 fully saturated rings. The average Bonchev–Trinajstić information content (AvgIpc) is 2.63. The molecule has 0 aromatic carbocycles. The van der Waals surface area contributed by atoms with Crippen LogP contribution in [-0.2, 0) is 14.3 Å². The number of hydrogen-bond acceptors (Lipinski definition) is 4. The summed E-state index contributed by atoms with van der Waals surface area (Å²) in [5.41, 5.74) is -0.102. The van der Waals surface area contributed by atoms with Crippen molar-refractivity contribution < 1.29 is 19.1 Å². The molecule has 1 amide bonds. The van der Waals surface area contributed by atoms with Crippen LogP contribution in [0.5, 0.6) is 0 Å². The molecular weight excluding hydrogens is 258 g/mol. The van der Waals surface area contributed by atoms with E-state index in [-0.39, 0.29) is 24.0 Å². The molecule has 0 aliphatic carbocycles. The smallest absolute Gasteiger partial charge is 0.408 e. The molecule has 0 saturated carbocycles. The largest absolute Gasteiger partial charge is 0.456 e. The maximum absolute atomic E-state index is 11.9. The molecule has 114 valence electrons. The second kappa shape index (κ2) is 6.29. The molecule has 0 radical (unpaired) electrons. The highest BCUT2D eigenvalue weighted by atomic mass is 16.6. The molecule has 1 aliphatic rings. The van der Waals surface area contributed by atoms with Gasteiger partial charge in [0.15, 0.2) is 0 Å². The molecule has 0 bridgehead atoms. The highest BCUT2D eigenvalue weighted by Gasteiger charge is 2.37. The van der Waals surface area contributed by atoms with Gasteiger partial charge < -0.3 is 14.8 Å². The van der Waals surface area contributed by atoms with Crippen molar-refractivity contribution in [2.45, 2.75) is 65.2 Å². The zero-order valence-corrected chi connectivity index (χ0v) is 13.0. The summed E-state index contributed by atoms with van der Waals surface area (Å²) in [4.78, 5) is 23.4. The summed E-state index contributed by atoms with van der Waals surface area (Å²) in [6, 6.07) is -0.266. The monoisotopic (exact) mass is 283 g/mol. The van der Waals surface area contributed by atoms with Crippen LogP contribution in [0.15, 0.2) is 12.2 Å². The van der Waals surface area contributed by atoms with Crippen molar-refractivity contribution in [3.05, 3.63) is 12.2 Å². The number of hydrogen-bond donors (Lipinski definition) is 1. The van der Waals surface area contributed by atoms with Crippen molar-refractivity contribution in [1.82, 2.24) is 5.32 Å². The van der Waals surface area contributed by atoms with Crippen LogP contribution in [0.25, 0.3) is 0 Å². The minimum Gasteiger partial charge on any atom is -0.456 e. The molecule has 0 aromatic heterocycles. The molecule has 1 saturated heterocycles. The quantitative estimate of drug-likeness (QED) is 0.636. The number of alkyl carbamates (subject to hydrolysis) is 1. The Labute approximate surface area is 120 Å². The molecule has 1 heterocycles. The van der Waals surface area contributed by atoms with E-state index < -0.39 is 11.7 Å². The highest BCUT2D eigenvalue weighted by Crippen LogP contribution is 2.26. The molecule has 0 spiro atoms. The van der Waals surface area contributed by atoms with Gasteiger partial charge >= 0.3 is 12.1 Å². The number of ether oxygens (including phenoxy) is 2. The van der Waals surface area contributed by atoms with E-state index in [1.54, 1.807) is 0 Å². The third-order valence-corrected chi connectivity index (χ3v) is 3.34. The number of esters is 1. The second-order valence-corrected chi connectivity index (χ2v) is 6.31. The summed E-state index contributed by atoms with van der Waals surface area (Å²) >= 11 is 0. The van der Waals surface area contributed by atoms with Gasteiger partial charge in [-0.25, -0.2) is 9.59 Å². The summed E-state index contributed by atoms with van der Waals surface area (Å²) < 4.78 is 10.5. The first-order valence-electron chi connectivity index (χ1n) is 7.02. The van der Waals surface area contributed by atoms with Gasteiger partial charge in [-0.15, -0.1) is 0 Å². The van der Waals surface area contributed by atoms with E-state index in [0.717, 1.165) is 6.42 Å². The van der Waals surface area contributed by atoms with Gasteiger partial charge in [0, 0.05) is 12.0 Å². The fourth-order valence-corrected chi connectivity index (χ4v) is 2.09. The molecule has 3 atom stereocenters. The average molecular weight is 283 g/mol. The summed E-state index contributed by atoms with van der Waals surface area (Å²) in [5.74, 6) is -0.208. The van der Waals surface area contributed by atoms with E-state index >= 15 is 0 Å². The van der Waals surface area contributed by atoms with E-state index in [1.165, 1.54) is 0 Å². The van der Waals surface area contributed by atoms with Gasteiger partial charge in [-0.3, -0.25) is 0 Å². The number of cyclic esters (lactones) is 1. The Bertz CT molecular complexity index is 381. The summed E-state index contributed by atoms with van der Waals surface area (Å²) in [7, 11) is 0. The van der Waals surface area contributed by atoms with Crippen LogP contribution in [0.3, 0.4) is 0 Å². The van der Waals surface area contributed by atoms with Gasteiger partial charge in [-0.1, -0.05) is 26.8 Å². The van der Waals surface area contributed by atoms with E-state index in [1.807, 2.05) is 34.6 Å². The lowest BCUT2D eigenvalue weighted by molar-refractivity contribution is -0.140. The Morgan fingerprint density at radius 3 is 2.55 bits per heavy atom. The minimum atomic E-state index is -0.556. The lowest BCUT2D eigenvalue weighted by Gasteiger charge is -2.29. The molecule has 0 unspecified atom stereocenters. The van der Waals surface area contributed by atoms with Gasteiger partial charge in [0.2, 0.25) is 0 Å². The Morgan fingerprint density at radius 1 is 1.55 bits per heavy atom. The van der Waals surface area contributed by atoms with Crippen molar-refractivity contribution in [3.8, 4) is 0 Å². The van der Waals surface area contributed by atoms with Gasteiger partial charge in [-0.2, -0.15) is 0 Å². The van der Waals surface area contributed by atoms with Crippen molar-refractivity contribution in [3.63, 3.8) is 0 Å². The van der Waals surface area contributed by atoms with Crippen LogP contribution in [0.4, 0.5) is 4.79 Å². The lowest BCUT2D eigenvalue weighted by atomic mass is 9.92. The zero-order chi connectivity index (χ0) is 15.5. The SMILES string of the molecule is C=C1C[C@@H]([C@@H](NC(=O)OC(C)(C)C)[C@@H](C)CC)OC1=O. The van der Waals surface area contributed by atoms with E-state index in [2.05, 4.69) is 11.9 Å². The highest BCUT2D eigenvalue weighted by molar-refractivity contribution is 5.90. The summed E-state index contributed by atoms with van der Waals surface area (Å²) in [6.07, 6.45) is 0.457. The number of carbonyl (C=O) groups excluding carboxylic acids is 2. The number of carbonyl (C=O) groups is 2. The summed E-state index contributed by atoms with van der Waals surface area (Å²) in [5, 5.41) is 2.83. The molecular formula is C15H25NO4. The fraction of sp³-hybridized carbons (Fsp3) is 0.733. The van der Waals surface area contributed by atoms with Crippen molar-refractivity contribution in [2.75, 3.05) is 0 Å². The first-order chi connectivity index (χ1) is 9.14. The predicted octanol–water partition coefficient (Wildman–Crippen LogP) is 2.80. The van der Waals surface area contributed by atoms with Crippen molar-refractivity contribution in [2.24, 2.45) is 5.92 Å². The first kappa shape index (κ1) is 16.5. The number of amides is 1. The molecule has 0 aromatic rings. The Kier molecular flexibility index (Phi) is 5.20. The number of rotatable bonds is 4. The van der Waals surface area contributed by atoms with Crippen molar-refractivity contribution >= 4 is 12.1 Å². The first-order valence-corrected chi connectivity index (χ1v) is 7.02. The Hall–Kier alpha value is -1.52. The van der Waals surface area contributed by atoms with Gasteiger partial charge in [-0.05, 0) is 26.7 Å². The molecule has 20 heavy (non-hydrogen) atoms. The van der Waals surface area contributed by atoms with E-state index in [4.69, 9.17) is 9.47 Å². The topological polar surface area (TPSA) is 64.6 Å². The fourth-order valence-electron chi connectivity index (χ4n) is 2.09. The molecule has 1 N–H and O–H groups in total. The van der Waals surface area contributed by atoms with Crippen LogP contribution >= 0.6 is 0 Å². The lowest BCUT2D eigenvalue weighted by Crippen LogP contribution is -2.48. The van der Waals surface area contributed by atoms with Crippen LogP contribution in [0.2, 0.25) is 0 Å². The second-order valence-electron chi connectivity index (χ2n) is 6.31. The van der Waals surface area contributed by atoms with E-state index in [9.17, 15) is 9.59 Å². The van der Waals surface area contributed by atoms with Crippen LogP contribution in [0.1, 0.15) is 47.5 Å². The van der Waals surface area contributed by atoms with E-state index in [0.29, 0.717) is 12.0 Å². The van der Waals surface area contributed by atoms with Crippen molar-refractivity contribution in [1.29, 1.82) is 0 Å². The number of nitrogens with one attached hydrogen (secondary N) is 1. The van der Waals surface area contributed by atoms with Crippen LogP contribution in [0, 0.1) is 5.92 Å². The standard InChI is InChI=1S/C15H25NO4/c1-7-9(2)12(11-8-10(3)13(17)19-11)16-14(18)20-15(4,5)6/h9,11-12H,3,7-8H2,1-2,4-6H3,(H,16,18)/t9-,11-,12-/m0/s1. The Balaban J connectivity index is 2.73. The molecule has 5 nitrogen and oxygen atoms in total. The molecule has 1 aliphatic heterocycles. The third kappa shape index (κ3) is 4.54. The third-order valence-electron chi connectivity index (χ3n) is 3.34. The molecule has 1 rings (SSSR count).